The van der Waals surface area contributed by atoms with Crippen LogP contribution in [0, 0.1) is 11.3 Å². The summed E-state index contributed by atoms with van der Waals surface area (Å²) < 4.78 is 0.844. The molecule has 3 N–H and O–H groups in total. The number of rotatable bonds is 3. The molecule has 0 saturated carbocycles. The molecule has 0 bridgehead atoms. The Morgan fingerprint density at radius 2 is 1.89 bits per heavy atom. The highest BCUT2D eigenvalue weighted by molar-refractivity contribution is 9.10. The summed E-state index contributed by atoms with van der Waals surface area (Å²) in [5, 5.41) is 30.8. The van der Waals surface area contributed by atoms with Crippen molar-refractivity contribution in [1.29, 1.82) is 5.26 Å². The van der Waals surface area contributed by atoms with Gasteiger partial charge in [-0.2, -0.15) is 5.26 Å². The van der Waals surface area contributed by atoms with Crippen molar-refractivity contribution < 1.29 is 10.2 Å². The number of nitrogens with zero attached hydrogens (tertiary/aromatic N) is 1. The molecule has 19 heavy (non-hydrogen) atoms. The third-order valence-electron chi connectivity index (χ3n) is 2.62. The molecule has 0 aliphatic heterocycles. The van der Waals surface area contributed by atoms with Crippen LogP contribution in [0.2, 0.25) is 0 Å². The summed E-state index contributed by atoms with van der Waals surface area (Å²) in [6, 6.07) is 12.1. The van der Waals surface area contributed by atoms with Crippen LogP contribution in [0.4, 0.5) is 5.69 Å². The number of nitrogens with one attached hydrogen (secondary N) is 1. The van der Waals surface area contributed by atoms with E-state index in [1.165, 1.54) is 12.1 Å². The first kappa shape index (κ1) is 13.2. The van der Waals surface area contributed by atoms with E-state index in [0.717, 1.165) is 15.7 Å². The van der Waals surface area contributed by atoms with Crippen LogP contribution in [-0.4, -0.2) is 10.2 Å². The fourth-order valence-corrected chi connectivity index (χ4v) is 2.00. The summed E-state index contributed by atoms with van der Waals surface area (Å²) >= 11 is 3.31. The molecular weight excluding hydrogens is 308 g/mol. The van der Waals surface area contributed by atoms with E-state index in [9.17, 15) is 10.2 Å². The van der Waals surface area contributed by atoms with E-state index < -0.39 is 0 Å². The van der Waals surface area contributed by atoms with Gasteiger partial charge in [-0.1, -0.05) is 22.0 Å². The minimum atomic E-state index is -0.157. The molecule has 96 valence electrons. The molecule has 4 nitrogen and oxygen atoms in total. The van der Waals surface area contributed by atoms with E-state index in [2.05, 4.69) is 27.3 Å². The molecule has 0 spiro atoms. The quantitative estimate of drug-likeness (QED) is 0.758. The minimum absolute atomic E-state index is 0.148. The van der Waals surface area contributed by atoms with Crippen molar-refractivity contribution in [3.8, 4) is 17.6 Å². The van der Waals surface area contributed by atoms with Crippen LogP contribution < -0.4 is 5.32 Å². The van der Waals surface area contributed by atoms with Crippen LogP contribution in [0.5, 0.6) is 11.5 Å². The number of benzene rings is 2. The van der Waals surface area contributed by atoms with E-state index in [0.29, 0.717) is 12.1 Å². The van der Waals surface area contributed by atoms with E-state index in [1.807, 2.05) is 12.1 Å². The first-order chi connectivity index (χ1) is 9.10. The normalized spacial score (nSPS) is 9.89. The third kappa shape index (κ3) is 3.18. The van der Waals surface area contributed by atoms with Crippen molar-refractivity contribution >= 4 is 21.6 Å². The molecule has 0 aliphatic rings. The molecule has 5 heteroatoms. The molecule has 2 aromatic rings. The van der Waals surface area contributed by atoms with Crippen LogP contribution in [0.25, 0.3) is 0 Å². The van der Waals surface area contributed by atoms with Crippen molar-refractivity contribution in [3.05, 3.63) is 52.0 Å². The first-order valence-corrected chi connectivity index (χ1v) is 6.34. The largest absolute Gasteiger partial charge is 0.504 e. The van der Waals surface area contributed by atoms with Crippen LogP contribution in [0.3, 0.4) is 0 Å². The van der Waals surface area contributed by atoms with Crippen molar-refractivity contribution in [1.82, 2.24) is 0 Å². The van der Waals surface area contributed by atoms with Crippen molar-refractivity contribution in [2.45, 2.75) is 6.54 Å². The summed E-state index contributed by atoms with van der Waals surface area (Å²) in [7, 11) is 0. The van der Waals surface area contributed by atoms with Gasteiger partial charge in [0.05, 0.1) is 11.3 Å². The minimum Gasteiger partial charge on any atom is -0.504 e. The number of nitriles is 1. The van der Waals surface area contributed by atoms with Gasteiger partial charge in [-0.05, 0) is 35.9 Å². The second-order valence-electron chi connectivity index (χ2n) is 3.98. The van der Waals surface area contributed by atoms with E-state index in [1.54, 1.807) is 12.1 Å². The lowest BCUT2D eigenvalue weighted by atomic mass is 10.1. The predicted molar refractivity (Wildman–Crippen MR) is 76.0 cm³/mol. The Morgan fingerprint density at radius 1 is 1.11 bits per heavy atom. The van der Waals surface area contributed by atoms with Gasteiger partial charge >= 0.3 is 0 Å². The van der Waals surface area contributed by atoms with Gasteiger partial charge in [0.1, 0.15) is 6.07 Å². The van der Waals surface area contributed by atoms with Crippen molar-refractivity contribution in [2.75, 3.05) is 5.32 Å². The zero-order valence-electron chi connectivity index (χ0n) is 9.89. The Balaban J connectivity index is 2.14. The lowest BCUT2D eigenvalue weighted by molar-refractivity contribution is 0.403. The van der Waals surface area contributed by atoms with Gasteiger partial charge in [0.25, 0.3) is 0 Å². The Labute approximate surface area is 119 Å². The molecule has 0 heterocycles. The molecule has 0 saturated heterocycles. The second-order valence-corrected chi connectivity index (χ2v) is 4.89. The number of halogens is 1. The summed E-state index contributed by atoms with van der Waals surface area (Å²) in [5.74, 6) is -0.305. The fourth-order valence-electron chi connectivity index (χ4n) is 1.64. The highest BCUT2D eigenvalue weighted by atomic mass is 79.9. The summed E-state index contributed by atoms with van der Waals surface area (Å²) in [6.07, 6.45) is 0. The van der Waals surface area contributed by atoms with Gasteiger partial charge in [0.15, 0.2) is 11.5 Å². The predicted octanol–water partition coefficient (Wildman–Crippen LogP) is 3.34. The van der Waals surface area contributed by atoms with Gasteiger partial charge in [0.2, 0.25) is 0 Å². The Bertz CT molecular complexity index is 650. The maximum atomic E-state index is 9.40. The number of hydrogen-bond donors (Lipinski definition) is 3. The second kappa shape index (κ2) is 5.63. The highest BCUT2D eigenvalue weighted by Crippen LogP contribution is 2.26. The van der Waals surface area contributed by atoms with Crippen LogP contribution in [0.1, 0.15) is 11.1 Å². The zero-order chi connectivity index (χ0) is 13.8. The number of hydrogen-bond acceptors (Lipinski definition) is 4. The number of phenols is 2. The van der Waals surface area contributed by atoms with Crippen LogP contribution >= 0.6 is 15.9 Å². The first-order valence-electron chi connectivity index (χ1n) is 5.54. The van der Waals surface area contributed by atoms with E-state index >= 15 is 0 Å². The lowest BCUT2D eigenvalue weighted by Crippen LogP contribution is -2.01. The molecule has 0 amide bonds. The van der Waals surface area contributed by atoms with Crippen molar-refractivity contribution in [2.24, 2.45) is 0 Å². The molecule has 0 atom stereocenters. The van der Waals surface area contributed by atoms with Crippen LogP contribution in [0.15, 0.2) is 40.9 Å². The topological polar surface area (TPSA) is 76.3 Å². The number of aromatic hydroxyl groups is 2. The molecular formula is C14H11BrN2O2. The van der Waals surface area contributed by atoms with Crippen LogP contribution in [-0.2, 0) is 6.54 Å². The van der Waals surface area contributed by atoms with Gasteiger partial charge in [-0.25, -0.2) is 0 Å². The van der Waals surface area contributed by atoms with E-state index in [-0.39, 0.29) is 11.5 Å². The van der Waals surface area contributed by atoms with Gasteiger partial charge in [-0.15, -0.1) is 0 Å². The Hall–Kier alpha value is -2.19. The molecule has 2 aromatic carbocycles. The number of anilines is 1. The molecule has 0 radical (unpaired) electrons. The van der Waals surface area contributed by atoms with Crippen molar-refractivity contribution in [3.63, 3.8) is 0 Å². The monoisotopic (exact) mass is 318 g/mol. The maximum Gasteiger partial charge on any atom is 0.157 e. The Kier molecular flexibility index (Phi) is 3.93. The van der Waals surface area contributed by atoms with Gasteiger partial charge in [0, 0.05) is 11.0 Å². The average Bonchev–Trinajstić information content (AvgIpc) is 2.41. The molecule has 0 fully saturated rings. The smallest absolute Gasteiger partial charge is 0.157 e. The average molecular weight is 319 g/mol. The fraction of sp³-hybridized carbons (Fsp3) is 0.0714. The molecule has 0 aromatic heterocycles. The lowest BCUT2D eigenvalue weighted by Gasteiger charge is -2.09. The SMILES string of the molecule is N#Cc1cc(Br)ccc1NCc1ccc(O)c(O)c1. The Morgan fingerprint density at radius 3 is 2.58 bits per heavy atom. The molecule has 2 rings (SSSR count). The molecule has 0 aliphatic carbocycles. The maximum absolute atomic E-state index is 9.40. The van der Waals surface area contributed by atoms with Gasteiger partial charge in [-0.3, -0.25) is 0 Å². The zero-order valence-corrected chi connectivity index (χ0v) is 11.5. The van der Waals surface area contributed by atoms with Gasteiger partial charge < -0.3 is 15.5 Å². The summed E-state index contributed by atoms with van der Waals surface area (Å²) in [4.78, 5) is 0. The van der Waals surface area contributed by atoms with E-state index in [4.69, 9.17) is 5.26 Å². The highest BCUT2D eigenvalue weighted by Gasteiger charge is 2.04. The summed E-state index contributed by atoms with van der Waals surface area (Å²) in [6.45, 7) is 0.449. The standard InChI is InChI=1S/C14H11BrN2O2/c15-11-2-3-12(10(6-11)7-16)17-8-9-1-4-13(18)14(19)5-9/h1-6,17-19H,8H2. The molecule has 0 unspecified atom stereocenters. The summed E-state index contributed by atoms with van der Waals surface area (Å²) in [5.41, 5.74) is 2.07. The number of phenolic OH excluding ortho intramolecular Hbond substituents is 2. The third-order valence-corrected chi connectivity index (χ3v) is 3.12.